The molecule has 0 unspecified atom stereocenters. The SMILES string of the molecule is CCCNCCCc1nnc(-c2ccccc2Cl)o1. The molecular formula is C14H18ClN3O. The van der Waals surface area contributed by atoms with Crippen molar-refractivity contribution in [3.8, 4) is 11.5 Å². The summed E-state index contributed by atoms with van der Waals surface area (Å²) in [6.45, 7) is 4.17. The highest BCUT2D eigenvalue weighted by Gasteiger charge is 2.10. The van der Waals surface area contributed by atoms with Crippen LogP contribution in [0.4, 0.5) is 0 Å². The Balaban J connectivity index is 1.91. The molecule has 0 radical (unpaired) electrons. The molecule has 0 saturated heterocycles. The lowest BCUT2D eigenvalue weighted by Gasteiger charge is -2.00. The molecule has 1 aromatic heterocycles. The smallest absolute Gasteiger partial charge is 0.249 e. The Hall–Kier alpha value is -1.39. The third-order valence-electron chi connectivity index (χ3n) is 2.74. The number of hydrogen-bond acceptors (Lipinski definition) is 4. The van der Waals surface area contributed by atoms with Gasteiger partial charge in [0.25, 0.3) is 0 Å². The summed E-state index contributed by atoms with van der Waals surface area (Å²) in [6, 6.07) is 7.47. The summed E-state index contributed by atoms with van der Waals surface area (Å²) in [7, 11) is 0. The summed E-state index contributed by atoms with van der Waals surface area (Å²) in [6.07, 6.45) is 2.93. The van der Waals surface area contributed by atoms with E-state index in [1.807, 2.05) is 24.3 Å². The van der Waals surface area contributed by atoms with Gasteiger partial charge in [-0.2, -0.15) is 0 Å². The van der Waals surface area contributed by atoms with Crippen molar-refractivity contribution in [2.45, 2.75) is 26.2 Å². The van der Waals surface area contributed by atoms with Gasteiger partial charge in [-0.15, -0.1) is 10.2 Å². The number of halogens is 1. The van der Waals surface area contributed by atoms with Gasteiger partial charge >= 0.3 is 0 Å². The van der Waals surface area contributed by atoms with Crippen molar-refractivity contribution in [3.63, 3.8) is 0 Å². The van der Waals surface area contributed by atoms with Crippen molar-refractivity contribution < 1.29 is 4.42 Å². The molecule has 0 bridgehead atoms. The Morgan fingerprint density at radius 1 is 1.21 bits per heavy atom. The maximum absolute atomic E-state index is 6.09. The Morgan fingerprint density at radius 3 is 2.84 bits per heavy atom. The van der Waals surface area contributed by atoms with Crippen LogP contribution >= 0.6 is 11.6 Å². The third-order valence-corrected chi connectivity index (χ3v) is 3.07. The van der Waals surface area contributed by atoms with E-state index in [0.717, 1.165) is 37.9 Å². The Kier molecular flexibility index (Phi) is 5.36. The fourth-order valence-electron chi connectivity index (χ4n) is 1.76. The van der Waals surface area contributed by atoms with Crippen LogP contribution in [0.5, 0.6) is 0 Å². The monoisotopic (exact) mass is 279 g/mol. The molecule has 0 spiro atoms. The maximum atomic E-state index is 6.09. The molecule has 2 aromatic rings. The van der Waals surface area contributed by atoms with Crippen LogP contribution in [0.2, 0.25) is 5.02 Å². The largest absolute Gasteiger partial charge is 0.421 e. The van der Waals surface area contributed by atoms with Crippen LogP contribution in [0.3, 0.4) is 0 Å². The number of nitrogens with one attached hydrogen (secondary N) is 1. The van der Waals surface area contributed by atoms with Crippen molar-refractivity contribution in [3.05, 3.63) is 35.2 Å². The van der Waals surface area contributed by atoms with Gasteiger partial charge in [0, 0.05) is 6.42 Å². The Bertz CT molecular complexity index is 513. The van der Waals surface area contributed by atoms with Crippen LogP contribution in [0.25, 0.3) is 11.5 Å². The van der Waals surface area contributed by atoms with Gasteiger partial charge in [-0.3, -0.25) is 0 Å². The first-order valence-electron chi connectivity index (χ1n) is 6.59. The summed E-state index contributed by atoms with van der Waals surface area (Å²) in [5.41, 5.74) is 0.784. The lowest BCUT2D eigenvalue weighted by atomic mass is 10.2. The molecule has 5 heteroatoms. The zero-order chi connectivity index (χ0) is 13.5. The van der Waals surface area contributed by atoms with Crippen LogP contribution in [0, 0.1) is 0 Å². The third kappa shape index (κ3) is 4.04. The first-order chi connectivity index (χ1) is 9.31. The molecule has 0 aliphatic heterocycles. The quantitative estimate of drug-likeness (QED) is 0.790. The molecule has 0 atom stereocenters. The molecule has 0 fully saturated rings. The second kappa shape index (κ2) is 7.26. The molecule has 0 aliphatic rings. The Morgan fingerprint density at radius 2 is 2.05 bits per heavy atom. The number of hydrogen-bond donors (Lipinski definition) is 1. The molecule has 0 saturated carbocycles. The van der Waals surface area contributed by atoms with Gasteiger partial charge < -0.3 is 9.73 Å². The van der Waals surface area contributed by atoms with Crippen LogP contribution in [-0.4, -0.2) is 23.3 Å². The minimum Gasteiger partial charge on any atom is -0.421 e. The topological polar surface area (TPSA) is 51.0 Å². The number of nitrogens with zero attached hydrogens (tertiary/aromatic N) is 2. The van der Waals surface area contributed by atoms with Crippen LogP contribution < -0.4 is 5.32 Å². The molecule has 2 rings (SSSR count). The average molecular weight is 280 g/mol. The second-order valence-electron chi connectivity index (χ2n) is 4.33. The van der Waals surface area contributed by atoms with Gasteiger partial charge in [-0.1, -0.05) is 30.7 Å². The van der Waals surface area contributed by atoms with E-state index >= 15 is 0 Å². The predicted molar refractivity (Wildman–Crippen MR) is 76.2 cm³/mol. The summed E-state index contributed by atoms with van der Waals surface area (Å²) < 4.78 is 5.62. The highest BCUT2D eigenvalue weighted by Crippen LogP contribution is 2.26. The van der Waals surface area contributed by atoms with Crippen LogP contribution in [0.15, 0.2) is 28.7 Å². The van der Waals surface area contributed by atoms with E-state index in [-0.39, 0.29) is 0 Å². The first kappa shape index (κ1) is 14.0. The molecule has 102 valence electrons. The molecule has 1 heterocycles. The van der Waals surface area contributed by atoms with E-state index in [2.05, 4.69) is 22.4 Å². The summed E-state index contributed by atoms with van der Waals surface area (Å²) >= 11 is 6.09. The molecule has 0 amide bonds. The highest BCUT2D eigenvalue weighted by atomic mass is 35.5. The van der Waals surface area contributed by atoms with Crippen molar-refractivity contribution in [2.24, 2.45) is 0 Å². The number of rotatable bonds is 7. The summed E-state index contributed by atoms with van der Waals surface area (Å²) in [4.78, 5) is 0. The minimum absolute atomic E-state index is 0.488. The molecule has 19 heavy (non-hydrogen) atoms. The van der Waals surface area contributed by atoms with Crippen LogP contribution in [0.1, 0.15) is 25.7 Å². The fraction of sp³-hybridized carbons (Fsp3) is 0.429. The van der Waals surface area contributed by atoms with Crippen molar-refractivity contribution in [2.75, 3.05) is 13.1 Å². The predicted octanol–water partition coefficient (Wildman–Crippen LogP) is 3.32. The van der Waals surface area contributed by atoms with Crippen LogP contribution in [-0.2, 0) is 6.42 Å². The van der Waals surface area contributed by atoms with Gasteiger partial charge in [-0.05, 0) is 38.1 Å². The zero-order valence-corrected chi connectivity index (χ0v) is 11.8. The summed E-state index contributed by atoms with van der Waals surface area (Å²) in [5, 5.41) is 12.1. The molecule has 0 aliphatic carbocycles. The molecule has 1 N–H and O–H groups in total. The van der Waals surface area contributed by atoms with Crippen molar-refractivity contribution >= 4 is 11.6 Å². The van der Waals surface area contributed by atoms with E-state index < -0.39 is 0 Å². The number of aromatic nitrogens is 2. The molecule has 1 aromatic carbocycles. The lowest BCUT2D eigenvalue weighted by Crippen LogP contribution is -2.16. The summed E-state index contributed by atoms with van der Waals surface area (Å²) in [5.74, 6) is 1.15. The Labute approximate surface area is 118 Å². The second-order valence-corrected chi connectivity index (χ2v) is 4.74. The van der Waals surface area contributed by atoms with Crippen molar-refractivity contribution in [1.29, 1.82) is 0 Å². The van der Waals surface area contributed by atoms with E-state index in [0.29, 0.717) is 16.8 Å². The van der Waals surface area contributed by atoms with E-state index in [4.69, 9.17) is 16.0 Å². The highest BCUT2D eigenvalue weighted by molar-refractivity contribution is 6.33. The number of benzene rings is 1. The van der Waals surface area contributed by atoms with Gasteiger partial charge in [0.15, 0.2) is 0 Å². The number of aryl methyl sites for hydroxylation is 1. The van der Waals surface area contributed by atoms with E-state index in [1.54, 1.807) is 0 Å². The minimum atomic E-state index is 0.488. The molecule has 4 nitrogen and oxygen atoms in total. The van der Waals surface area contributed by atoms with E-state index in [9.17, 15) is 0 Å². The molecular weight excluding hydrogens is 262 g/mol. The average Bonchev–Trinajstić information content (AvgIpc) is 2.88. The van der Waals surface area contributed by atoms with Gasteiger partial charge in [0.05, 0.1) is 10.6 Å². The van der Waals surface area contributed by atoms with Crippen molar-refractivity contribution in [1.82, 2.24) is 15.5 Å². The maximum Gasteiger partial charge on any atom is 0.249 e. The van der Waals surface area contributed by atoms with Gasteiger partial charge in [-0.25, -0.2) is 0 Å². The zero-order valence-electron chi connectivity index (χ0n) is 11.0. The van der Waals surface area contributed by atoms with E-state index in [1.165, 1.54) is 0 Å². The standard InChI is InChI=1S/C14H18ClN3O/c1-2-9-16-10-5-8-13-17-18-14(19-13)11-6-3-4-7-12(11)15/h3-4,6-7,16H,2,5,8-10H2,1H3. The van der Waals surface area contributed by atoms with Gasteiger partial charge in [0.2, 0.25) is 11.8 Å². The van der Waals surface area contributed by atoms with Gasteiger partial charge in [0.1, 0.15) is 0 Å². The fourth-order valence-corrected chi connectivity index (χ4v) is 1.98. The normalized spacial score (nSPS) is 10.8. The lowest BCUT2D eigenvalue weighted by molar-refractivity contribution is 0.491. The first-order valence-corrected chi connectivity index (χ1v) is 6.97.